The van der Waals surface area contributed by atoms with Gasteiger partial charge in [0.25, 0.3) is 5.91 Å². The van der Waals surface area contributed by atoms with Crippen molar-refractivity contribution in [2.24, 2.45) is 0 Å². The SMILES string of the molecule is CC(C)Oc1c2c(c(OC(C)C)c3ccccc13)C(=O)N(c1ccc(CC(=O)O)cc1)C2. The average molecular weight is 434 g/mol. The monoisotopic (exact) mass is 433 g/mol. The third kappa shape index (κ3) is 4.00. The molecule has 3 aromatic rings. The van der Waals surface area contributed by atoms with Crippen LogP contribution in [-0.2, 0) is 17.8 Å². The van der Waals surface area contributed by atoms with E-state index >= 15 is 0 Å². The number of rotatable bonds is 7. The van der Waals surface area contributed by atoms with Crippen LogP contribution in [0.1, 0.15) is 49.2 Å². The van der Waals surface area contributed by atoms with Crippen LogP contribution >= 0.6 is 0 Å². The molecule has 0 radical (unpaired) electrons. The van der Waals surface area contributed by atoms with E-state index in [0.29, 0.717) is 34.9 Å². The number of carbonyl (C=O) groups excluding carboxylic acids is 1. The van der Waals surface area contributed by atoms with Gasteiger partial charge in [-0.3, -0.25) is 9.59 Å². The fourth-order valence-corrected chi connectivity index (χ4v) is 4.07. The molecule has 0 bridgehead atoms. The topological polar surface area (TPSA) is 76.1 Å². The molecule has 1 aliphatic rings. The number of nitrogens with zero attached hydrogens (tertiary/aromatic N) is 1. The number of carbonyl (C=O) groups is 2. The van der Waals surface area contributed by atoms with Crippen molar-refractivity contribution in [2.45, 2.75) is 52.9 Å². The highest BCUT2D eigenvalue weighted by atomic mass is 16.5. The van der Waals surface area contributed by atoms with Gasteiger partial charge >= 0.3 is 5.97 Å². The fraction of sp³-hybridized carbons (Fsp3) is 0.308. The fourth-order valence-electron chi connectivity index (χ4n) is 4.07. The molecule has 0 atom stereocenters. The van der Waals surface area contributed by atoms with E-state index in [1.807, 2.05) is 52.0 Å². The smallest absolute Gasteiger partial charge is 0.307 e. The van der Waals surface area contributed by atoms with Crippen molar-refractivity contribution >= 4 is 28.3 Å². The van der Waals surface area contributed by atoms with Crippen LogP contribution in [0.3, 0.4) is 0 Å². The predicted octanol–water partition coefficient (Wildman–Crippen LogP) is 5.20. The van der Waals surface area contributed by atoms with Crippen LogP contribution in [0.15, 0.2) is 48.5 Å². The molecule has 0 aliphatic carbocycles. The first kappa shape index (κ1) is 21.7. The van der Waals surface area contributed by atoms with E-state index in [2.05, 4.69) is 0 Å². The molecule has 0 spiro atoms. The molecule has 4 rings (SSSR count). The van der Waals surface area contributed by atoms with Gasteiger partial charge < -0.3 is 19.5 Å². The van der Waals surface area contributed by atoms with Gasteiger partial charge in [-0.05, 0) is 45.4 Å². The number of carboxylic acid groups (broad SMARTS) is 1. The maximum absolute atomic E-state index is 13.6. The molecule has 166 valence electrons. The lowest BCUT2D eigenvalue weighted by Crippen LogP contribution is -2.23. The summed E-state index contributed by atoms with van der Waals surface area (Å²) in [6.45, 7) is 8.18. The molecule has 0 saturated carbocycles. The van der Waals surface area contributed by atoms with Gasteiger partial charge in [0.2, 0.25) is 0 Å². The maximum Gasteiger partial charge on any atom is 0.307 e. The first-order valence-electron chi connectivity index (χ1n) is 10.8. The number of hydrogen-bond donors (Lipinski definition) is 1. The second kappa shape index (κ2) is 8.54. The van der Waals surface area contributed by atoms with Crippen molar-refractivity contribution in [1.82, 2.24) is 0 Å². The molecule has 6 heteroatoms. The van der Waals surface area contributed by atoms with Gasteiger partial charge in [-0.2, -0.15) is 0 Å². The van der Waals surface area contributed by atoms with Gasteiger partial charge in [-0.1, -0.05) is 36.4 Å². The largest absolute Gasteiger partial charge is 0.490 e. The van der Waals surface area contributed by atoms with Gasteiger partial charge in [0, 0.05) is 22.0 Å². The van der Waals surface area contributed by atoms with E-state index < -0.39 is 5.97 Å². The summed E-state index contributed by atoms with van der Waals surface area (Å²) in [5, 5.41) is 10.8. The van der Waals surface area contributed by atoms with E-state index in [4.69, 9.17) is 14.6 Å². The van der Waals surface area contributed by atoms with Crippen LogP contribution in [0.25, 0.3) is 10.8 Å². The van der Waals surface area contributed by atoms with Crippen molar-refractivity contribution in [3.63, 3.8) is 0 Å². The Bertz CT molecular complexity index is 1180. The molecule has 1 N–H and O–H groups in total. The van der Waals surface area contributed by atoms with Crippen LogP contribution in [0.5, 0.6) is 11.5 Å². The Morgan fingerprint density at radius 3 is 2.06 bits per heavy atom. The van der Waals surface area contributed by atoms with Crippen molar-refractivity contribution in [2.75, 3.05) is 4.90 Å². The van der Waals surface area contributed by atoms with Crippen molar-refractivity contribution < 1.29 is 24.2 Å². The number of fused-ring (bicyclic) bond motifs is 2. The Labute approximate surface area is 187 Å². The van der Waals surface area contributed by atoms with E-state index in [1.54, 1.807) is 29.2 Å². The molecule has 32 heavy (non-hydrogen) atoms. The number of amides is 1. The van der Waals surface area contributed by atoms with Gasteiger partial charge in [0.1, 0.15) is 11.5 Å². The lowest BCUT2D eigenvalue weighted by molar-refractivity contribution is -0.136. The molecule has 1 aliphatic heterocycles. The summed E-state index contributed by atoms with van der Waals surface area (Å²) in [7, 11) is 0. The Hall–Kier alpha value is -3.54. The van der Waals surface area contributed by atoms with Gasteiger partial charge in [0.15, 0.2) is 0 Å². The quantitative estimate of drug-likeness (QED) is 0.554. The van der Waals surface area contributed by atoms with Crippen LogP contribution < -0.4 is 14.4 Å². The van der Waals surface area contributed by atoms with E-state index in [1.165, 1.54) is 0 Å². The summed E-state index contributed by atoms with van der Waals surface area (Å²) in [6.07, 6.45) is -0.214. The normalized spacial score (nSPS) is 13.2. The third-order valence-electron chi connectivity index (χ3n) is 5.30. The summed E-state index contributed by atoms with van der Waals surface area (Å²) in [5.74, 6) is 0.248. The Morgan fingerprint density at radius 1 is 0.938 bits per heavy atom. The third-order valence-corrected chi connectivity index (χ3v) is 5.30. The summed E-state index contributed by atoms with van der Waals surface area (Å²) in [6, 6.07) is 14.9. The number of hydrogen-bond acceptors (Lipinski definition) is 4. The second-order valence-electron chi connectivity index (χ2n) is 8.52. The minimum absolute atomic E-state index is 0.0566. The predicted molar refractivity (Wildman–Crippen MR) is 124 cm³/mol. The molecular formula is C26H27NO5. The van der Waals surface area contributed by atoms with Gasteiger partial charge in [0.05, 0.1) is 30.7 Å². The molecular weight excluding hydrogens is 406 g/mol. The zero-order valence-electron chi connectivity index (χ0n) is 18.7. The Kier molecular flexibility index (Phi) is 5.78. The number of aliphatic carboxylic acids is 1. The lowest BCUT2D eigenvalue weighted by Gasteiger charge is -2.20. The van der Waals surface area contributed by atoms with Crippen molar-refractivity contribution in [1.29, 1.82) is 0 Å². The standard InChI is InChI=1S/C26H27NO5/c1-15(2)31-24-19-7-5-6-8-20(19)25(32-16(3)4)23-21(24)14-27(26(23)30)18-11-9-17(10-12-18)13-22(28)29/h5-12,15-16H,13-14H2,1-4H3,(H,28,29). The first-order valence-corrected chi connectivity index (χ1v) is 10.8. The molecule has 3 aromatic carbocycles. The highest BCUT2D eigenvalue weighted by molar-refractivity contribution is 6.16. The molecule has 0 aromatic heterocycles. The molecule has 0 saturated heterocycles. The Balaban J connectivity index is 1.86. The number of carboxylic acids is 1. The zero-order valence-corrected chi connectivity index (χ0v) is 18.7. The van der Waals surface area contributed by atoms with Gasteiger partial charge in [-0.25, -0.2) is 0 Å². The molecule has 0 unspecified atom stereocenters. The van der Waals surface area contributed by atoms with Crippen molar-refractivity contribution in [3.8, 4) is 11.5 Å². The molecule has 1 amide bonds. The van der Waals surface area contributed by atoms with E-state index in [9.17, 15) is 9.59 Å². The molecule has 6 nitrogen and oxygen atoms in total. The number of benzene rings is 3. The Morgan fingerprint density at radius 2 is 1.50 bits per heavy atom. The highest BCUT2D eigenvalue weighted by Crippen LogP contribution is 2.46. The second-order valence-corrected chi connectivity index (χ2v) is 8.52. The number of ether oxygens (including phenoxy) is 2. The van der Waals surface area contributed by atoms with Crippen LogP contribution in [0.2, 0.25) is 0 Å². The maximum atomic E-state index is 13.6. The summed E-state index contributed by atoms with van der Waals surface area (Å²) in [4.78, 5) is 26.3. The van der Waals surface area contributed by atoms with Gasteiger partial charge in [-0.15, -0.1) is 0 Å². The zero-order chi connectivity index (χ0) is 23.0. The minimum Gasteiger partial charge on any atom is -0.490 e. The number of anilines is 1. The summed E-state index contributed by atoms with van der Waals surface area (Å²) < 4.78 is 12.4. The average Bonchev–Trinajstić information content (AvgIpc) is 3.07. The molecule has 1 heterocycles. The van der Waals surface area contributed by atoms with Crippen LogP contribution in [0, 0.1) is 0 Å². The summed E-state index contributed by atoms with van der Waals surface area (Å²) in [5.41, 5.74) is 2.73. The van der Waals surface area contributed by atoms with Crippen LogP contribution in [0.4, 0.5) is 5.69 Å². The van der Waals surface area contributed by atoms with Crippen LogP contribution in [-0.4, -0.2) is 29.2 Å². The molecule has 0 fully saturated rings. The van der Waals surface area contributed by atoms with E-state index in [-0.39, 0.29) is 24.5 Å². The summed E-state index contributed by atoms with van der Waals surface area (Å²) >= 11 is 0. The minimum atomic E-state index is -0.889. The first-order chi connectivity index (χ1) is 15.3. The van der Waals surface area contributed by atoms with Crippen molar-refractivity contribution in [3.05, 3.63) is 65.2 Å². The lowest BCUT2D eigenvalue weighted by atomic mass is 9.99. The van der Waals surface area contributed by atoms with E-state index in [0.717, 1.165) is 16.3 Å². The highest BCUT2D eigenvalue weighted by Gasteiger charge is 2.37.